The number of benzene rings is 1. The first-order chi connectivity index (χ1) is 7.11. The summed E-state index contributed by atoms with van der Waals surface area (Å²) in [5, 5.41) is 15.8. The Hall–Kier alpha value is -2.28. The van der Waals surface area contributed by atoms with Gasteiger partial charge in [0.15, 0.2) is 11.5 Å². The summed E-state index contributed by atoms with van der Waals surface area (Å²) in [6.45, 7) is 0. The topological polar surface area (TPSA) is 121 Å². The van der Waals surface area contributed by atoms with E-state index in [1.54, 1.807) is 0 Å². The van der Waals surface area contributed by atoms with Crippen LogP contribution in [-0.4, -0.2) is 26.7 Å². The van der Waals surface area contributed by atoms with Crippen LogP contribution in [0.4, 0.5) is 10.1 Å². The smallest absolute Gasteiger partial charge is 0.358 e. The molecule has 0 fully saturated rings. The molecule has 6 nitrogen and oxygen atoms in total. The molecule has 1 aromatic heterocycles. The van der Waals surface area contributed by atoms with Crippen molar-refractivity contribution in [2.75, 3.05) is 5.73 Å². The minimum absolute atomic E-state index is 0. The Balaban J connectivity index is 0.00000128. The van der Waals surface area contributed by atoms with Crippen LogP contribution in [0.3, 0.4) is 0 Å². The van der Waals surface area contributed by atoms with E-state index in [2.05, 4.69) is 10.2 Å². The monoisotopic (exact) mass is 225 g/mol. The molecule has 0 saturated heterocycles. The maximum Gasteiger partial charge on any atom is 0.358 e. The number of aromatic carboxylic acids is 1. The predicted molar refractivity (Wildman–Crippen MR) is 54.5 cm³/mol. The first-order valence-corrected chi connectivity index (χ1v) is 4.05. The lowest BCUT2D eigenvalue weighted by molar-refractivity contribution is 0.0690. The summed E-state index contributed by atoms with van der Waals surface area (Å²) in [5.41, 5.74) is 5.07. The first kappa shape index (κ1) is 11.8. The lowest BCUT2D eigenvalue weighted by atomic mass is 10.1. The highest BCUT2D eigenvalue weighted by molar-refractivity contribution is 6.01. The lowest BCUT2D eigenvalue weighted by Gasteiger charge is -2.03. The molecule has 84 valence electrons. The van der Waals surface area contributed by atoms with Crippen LogP contribution >= 0.6 is 0 Å². The molecule has 0 atom stereocenters. The molecule has 0 amide bonds. The van der Waals surface area contributed by atoms with E-state index < -0.39 is 11.8 Å². The summed E-state index contributed by atoms with van der Waals surface area (Å²) in [5.74, 6) is -1.87. The van der Waals surface area contributed by atoms with Gasteiger partial charge >= 0.3 is 5.97 Å². The number of anilines is 1. The second-order valence-electron chi connectivity index (χ2n) is 2.90. The van der Waals surface area contributed by atoms with Crippen molar-refractivity contribution in [3.8, 4) is 0 Å². The van der Waals surface area contributed by atoms with Gasteiger partial charge in [-0.3, -0.25) is 0 Å². The van der Waals surface area contributed by atoms with Crippen LogP contribution in [0, 0.1) is 5.82 Å². The van der Waals surface area contributed by atoms with Gasteiger partial charge in [0.2, 0.25) is 0 Å². The van der Waals surface area contributed by atoms with E-state index in [0.29, 0.717) is 0 Å². The van der Waals surface area contributed by atoms with Crippen molar-refractivity contribution < 1.29 is 19.8 Å². The molecule has 0 bridgehead atoms. The zero-order valence-corrected chi connectivity index (χ0v) is 7.94. The summed E-state index contributed by atoms with van der Waals surface area (Å²) >= 11 is 0. The molecule has 0 radical (unpaired) electrons. The number of hydrogen-bond acceptors (Lipinski definition) is 4. The predicted octanol–water partition coefficient (Wildman–Crippen LogP) is 0.225. The van der Waals surface area contributed by atoms with E-state index in [-0.39, 0.29) is 27.8 Å². The van der Waals surface area contributed by atoms with Crippen LogP contribution in [0.15, 0.2) is 18.2 Å². The van der Waals surface area contributed by atoms with E-state index in [1.165, 1.54) is 18.2 Å². The normalized spacial score (nSPS) is 9.81. The van der Waals surface area contributed by atoms with Gasteiger partial charge in [-0.25, -0.2) is 9.18 Å². The van der Waals surface area contributed by atoms with E-state index in [0.717, 1.165) is 0 Å². The summed E-state index contributed by atoms with van der Waals surface area (Å²) in [6, 6.07) is 4.13. The number of rotatable bonds is 1. The highest BCUT2D eigenvalue weighted by Gasteiger charge is 2.15. The molecule has 0 unspecified atom stereocenters. The maximum absolute atomic E-state index is 13.2. The Labute approximate surface area is 88.8 Å². The van der Waals surface area contributed by atoms with E-state index in [4.69, 9.17) is 10.8 Å². The Kier molecular flexibility index (Phi) is 3.00. The van der Waals surface area contributed by atoms with Crippen molar-refractivity contribution >= 4 is 22.6 Å². The zero-order valence-electron chi connectivity index (χ0n) is 7.94. The molecular formula is C9H8FN3O3. The minimum Gasteiger partial charge on any atom is -0.476 e. The minimum atomic E-state index is -1.29. The third kappa shape index (κ3) is 1.63. The van der Waals surface area contributed by atoms with Crippen LogP contribution in [0.2, 0.25) is 0 Å². The first-order valence-electron chi connectivity index (χ1n) is 4.05. The standard InChI is InChI=1S/C9H6FN3O2.H2O/c10-5-3-1-2-4-6(11)8(9(14)15)13-12-7(4)5;/h1-3H,(H2,11,12)(H,14,15);1H2. The van der Waals surface area contributed by atoms with Crippen LogP contribution in [0.25, 0.3) is 10.9 Å². The van der Waals surface area contributed by atoms with E-state index >= 15 is 0 Å². The number of aromatic nitrogens is 2. The van der Waals surface area contributed by atoms with Gasteiger partial charge in [0, 0.05) is 5.39 Å². The Morgan fingerprint density at radius 1 is 1.38 bits per heavy atom. The summed E-state index contributed by atoms with van der Waals surface area (Å²) in [6.07, 6.45) is 0. The molecular weight excluding hydrogens is 217 g/mol. The summed E-state index contributed by atoms with van der Waals surface area (Å²) in [4.78, 5) is 10.7. The number of carbonyl (C=O) groups is 1. The quantitative estimate of drug-likeness (QED) is 0.719. The van der Waals surface area contributed by atoms with E-state index in [9.17, 15) is 9.18 Å². The number of carboxylic acid groups (broad SMARTS) is 1. The third-order valence-electron chi connectivity index (χ3n) is 1.98. The molecule has 16 heavy (non-hydrogen) atoms. The van der Waals surface area contributed by atoms with Gasteiger partial charge in [-0.2, -0.15) is 0 Å². The Morgan fingerprint density at radius 3 is 2.69 bits per heavy atom. The summed E-state index contributed by atoms with van der Waals surface area (Å²) < 4.78 is 13.2. The number of fused-ring (bicyclic) bond motifs is 1. The van der Waals surface area contributed by atoms with Gasteiger partial charge in [-0.15, -0.1) is 10.2 Å². The molecule has 0 spiro atoms. The number of carboxylic acids is 1. The Morgan fingerprint density at radius 2 is 2.06 bits per heavy atom. The third-order valence-corrected chi connectivity index (χ3v) is 1.98. The molecule has 1 aromatic carbocycles. The number of nitrogens with two attached hydrogens (primary N) is 1. The average molecular weight is 225 g/mol. The van der Waals surface area contributed by atoms with Crippen LogP contribution in [0.5, 0.6) is 0 Å². The van der Waals surface area contributed by atoms with Crippen molar-refractivity contribution in [1.29, 1.82) is 0 Å². The lowest BCUT2D eigenvalue weighted by Crippen LogP contribution is -2.08. The van der Waals surface area contributed by atoms with Gasteiger partial charge < -0.3 is 16.3 Å². The SMILES string of the molecule is Nc1c(C(=O)O)nnc2c(F)cccc12.O. The molecule has 0 saturated carbocycles. The maximum atomic E-state index is 13.2. The molecule has 5 N–H and O–H groups in total. The van der Waals surface area contributed by atoms with Crippen LogP contribution in [0.1, 0.15) is 10.5 Å². The van der Waals surface area contributed by atoms with Crippen LogP contribution < -0.4 is 5.73 Å². The molecule has 1 heterocycles. The van der Waals surface area contributed by atoms with Crippen molar-refractivity contribution in [3.05, 3.63) is 29.7 Å². The largest absolute Gasteiger partial charge is 0.476 e. The molecule has 7 heteroatoms. The van der Waals surface area contributed by atoms with Gasteiger partial charge in [0.25, 0.3) is 0 Å². The van der Waals surface area contributed by atoms with Gasteiger partial charge in [0.1, 0.15) is 5.52 Å². The van der Waals surface area contributed by atoms with Crippen molar-refractivity contribution in [2.24, 2.45) is 0 Å². The number of halogens is 1. The average Bonchev–Trinajstić information content (AvgIpc) is 2.19. The second kappa shape index (κ2) is 4.07. The molecule has 2 aromatic rings. The van der Waals surface area contributed by atoms with Crippen molar-refractivity contribution in [3.63, 3.8) is 0 Å². The van der Waals surface area contributed by atoms with Crippen molar-refractivity contribution in [2.45, 2.75) is 0 Å². The van der Waals surface area contributed by atoms with Gasteiger partial charge in [-0.1, -0.05) is 12.1 Å². The van der Waals surface area contributed by atoms with Crippen LogP contribution in [-0.2, 0) is 0 Å². The summed E-state index contributed by atoms with van der Waals surface area (Å²) in [7, 11) is 0. The van der Waals surface area contributed by atoms with Crippen molar-refractivity contribution in [1.82, 2.24) is 10.2 Å². The second-order valence-corrected chi connectivity index (χ2v) is 2.90. The number of hydrogen-bond donors (Lipinski definition) is 2. The number of nitrogen functional groups attached to an aromatic ring is 1. The van der Waals surface area contributed by atoms with Gasteiger partial charge in [0.05, 0.1) is 5.69 Å². The fourth-order valence-corrected chi connectivity index (χ4v) is 1.27. The van der Waals surface area contributed by atoms with Gasteiger partial charge in [-0.05, 0) is 6.07 Å². The molecule has 0 aliphatic rings. The highest BCUT2D eigenvalue weighted by atomic mass is 19.1. The Bertz CT molecular complexity index is 559. The highest BCUT2D eigenvalue weighted by Crippen LogP contribution is 2.22. The molecule has 0 aliphatic heterocycles. The zero-order chi connectivity index (χ0) is 11.0. The fraction of sp³-hybridized carbons (Fsp3) is 0. The van der Waals surface area contributed by atoms with E-state index in [1.807, 2.05) is 0 Å². The molecule has 2 rings (SSSR count). The fourth-order valence-electron chi connectivity index (χ4n) is 1.27. The molecule has 0 aliphatic carbocycles. The number of nitrogens with zero attached hydrogens (tertiary/aromatic N) is 2.